The number of carbonyl (C=O) groups excluding carboxylic acids is 1. The summed E-state index contributed by atoms with van der Waals surface area (Å²) >= 11 is 0. The quantitative estimate of drug-likeness (QED) is 0.755. The molecule has 4 nitrogen and oxygen atoms in total. The predicted molar refractivity (Wildman–Crippen MR) is 86.6 cm³/mol. The highest BCUT2D eigenvalue weighted by Crippen LogP contribution is 2.28. The number of benzene rings is 1. The van der Waals surface area contributed by atoms with E-state index < -0.39 is 0 Å². The molecule has 3 N–H and O–H groups in total. The van der Waals surface area contributed by atoms with Crippen LogP contribution in [-0.2, 0) is 4.79 Å². The summed E-state index contributed by atoms with van der Waals surface area (Å²) in [6.45, 7) is 0. The van der Waals surface area contributed by atoms with E-state index >= 15 is 0 Å². The summed E-state index contributed by atoms with van der Waals surface area (Å²) in [6, 6.07) is 6.65. The fourth-order valence-corrected chi connectivity index (χ4v) is 2.82. The smallest absolute Gasteiger partial charge is 0.224 e. The molecule has 2 unspecified atom stereocenters. The zero-order valence-corrected chi connectivity index (χ0v) is 12.3. The van der Waals surface area contributed by atoms with E-state index in [1.54, 1.807) is 0 Å². The second-order valence-electron chi connectivity index (χ2n) is 6.01. The minimum absolute atomic E-state index is 0.109. The molecule has 1 saturated carbocycles. The van der Waals surface area contributed by atoms with E-state index in [0.29, 0.717) is 0 Å². The maximum absolute atomic E-state index is 11.8. The molecule has 1 amide bonds. The molecule has 112 valence electrons. The lowest BCUT2D eigenvalue weighted by Gasteiger charge is -2.20. The average molecular weight is 293 g/mol. The third-order valence-electron chi connectivity index (χ3n) is 4.27. The monoisotopic (exact) mass is 293 g/mol. The van der Waals surface area contributed by atoms with Gasteiger partial charge in [-0.3, -0.25) is 4.79 Å². The topological polar surface area (TPSA) is 53.2 Å². The number of dihydropyridines is 1. The van der Waals surface area contributed by atoms with Crippen molar-refractivity contribution in [3.63, 3.8) is 0 Å². The van der Waals surface area contributed by atoms with Gasteiger partial charge in [0.15, 0.2) is 0 Å². The molecule has 2 heterocycles. The SMILES string of the molecule is O=C(NC1C=c2ccc(C3C=CC=CN3)cc2=CN1)C1CC1. The van der Waals surface area contributed by atoms with Gasteiger partial charge in [-0.2, -0.15) is 0 Å². The Bertz CT molecular complexity index is 774. The van der Waals surface area contributed by atoms with E-state index in [1.807, 2.05) is 18.5 Å². The minimum atomic E-state index is -0.109. The fraction of sp³-hybridized carbons (Fsp3) is 0.278. The second-order valence-corrected chi connectivity index (χ2v) is 6.01. The number of amides is 1. The number of nitrogens with one attached hydrogen (secondary N) is 3. The Kier molecular flexibility index (Phi) is 3.22. The van der Waals surface area contributed by atoms with Gasteiger partial charge in [-0.05, 0) is 53.3 Å². The van der Waals surface area contributed by atoms with E-state index in [-0.39, 0.29) is 24.0 Å². The first-order chi connectivity index (χ1) is 10.8. The normalized spacial score (nSPS) is 25.1. The molecule has 1 aromatic rings. The second kappa shape index (κ2) is 5.37. The summed E-state index contributed by atoms with van der Waals surface area (Å²) in [5.41, 5.74) is 1.23. The van der Waals surface area contributed by atoms with Gasteiger partial charge in [0.2, 0.25) is 5.91 Å². The van der Waals surface area contributed by atoms with Gasteiger partial charge in [0.1, 0.15) is 6.17 Å². The van der Waals surface area contributed by atoms with Gasteiger partial charge in [0.05, 0.1) is 6.04 Å². The van der Waals surface area contributed by atoms with Crippen molar-refractivity contribution in [1.29, 1.82) is 0 Å². The van der Waals surface area contributed by atoms with Crippen LogP contribution in [0, 0.1) is 5.92 Å². The molecule has 4 rings (SSSR count). The zero-order valence-electron chi connectivity index (χ0n) is 12.3. The van der Waals surface area contributed by atoms with Crippen LogP contribution in [0.3, 0.4) is 0 Å². The largest absolute Gasteiger partial charge is 0.381 e. The van der Waals surface area contributed by atoms with Gasteiger partial charge >= 0.3 is 0 Å². The summed E-state index contributed by atoms with van der Waals surface area (Å²) in [5, 5.41) is 11.9. The van der Waals surface area contributed by atoms with E-state index in [0.717, 1.165) is 23.3 Å². The number of rotatable bonds is 3. The molecule has 0 saturated heterocycles. The molecule has 0 aromatic heterocycles. The van der Waals surface area contributed by atoms with E-state index in [2.05, 4.69) is 52.4 Å². The standard InChI is InChI=1S/C18H19N3O/c22-18(12-4-5-12)21-17-10-13-6-7-14(9-15(13)11-20-17)16-3-1-2-8-19-16/h1-3,6-12,16-17,19-20H,4-5H2,(H,21,22). The summed E-state index contributed by atoms with van der Waals surface area (Å²) in [4.78, 5) is 11.8. The Hall–Kier alpha value is -2.49. The first-order valence-corrected chi connectivity index (χ1v) is 7.77. The lowest BCUT2D eigenvalue weighted by molar-refractivity contribution is -0.122. The van der Waals surface area contributed by atoms with Crippen LogP contribution in [0.4, 0.5) is 0 Å². The number of allylic oxidation sites excluding steroid dienone is 2. The molecular formula is C18H19N3O. The lowest BCUT2D eigenvalue weighted by atomic mass is 10.0. The molecule has 0 radical (unpaired) electrons. The first kappa shape index (κ1) is 13.2. The molecule has 3 aliphatic rings. The van der Waals surface area contributed by atoms with Crippen LogP contribution in [0.5, 0.6) is 0 Å². The van der Waals surface area contributed by atoms with Crippen molar-refractivity contribution in [2.75, 3.05) is 0 Å². The van der Waals surface area contributed by atoms with Gasteiger partial charge < -0.3 is 16.0 Å². The van der Waals surface area contributed by atoms with Crippen LogP contribution in [0.25, 0.3) is 12.3 Å². The molecule has 0 bridgehead atoms. The number of hydrogen-bond donors (Lipinski definition) is 3. The van der Waals surface area contributed by atoms with Crippen molar-refractivity contribution < 1.29 is 4.79 Å². The van der Waals surface area contributed by atoms with Crippen LogP contribution in [-0.4, -0.2) is 12.1 Å². The minimum Gasteiger partial charge on any atom is -0.381 e. The van der Waals surface area contributed by atoms with Crippen LogP contribution in [0.15, 0.2) is 42.6 Å². The van der Waals surface area contributed by atoms with Crippen molar-refractivity contribution in [3.05, 3.63) is 58.6 Å². The zero-order chi connectivity index (χ0) is 14.9. The predicted octanol–water partition coefficient (Wildman–Crippen LogP) is 0.375. The van der Waals surface area contributed by atoms with Crippen LogP contribution in [0.2, 0.25) is 0 Å². The van der Waals surface area contributed by atoms with Crippen molar-refractivity contribution in [2.24, 2.45) is 5.92 Å². The van der Waals surface area contributed by atoms with Crippen molar-refractivity contribution >= 4 is 18.2 Å². The number of fused-ring (bicyclic) bond motifs is 1. The molecule has 22 heavy (non-hydrogen) atoms. The molecule has 2 aliphatic heterocycles. The molecular weight excluding hydrogens is 274 g/mol. The van der Waals surface area contributed by atoms with E-state index in [9.17, 15) is 4.79 Å². The molecule has 4 heteroatoms. The highest BCUT2D eigenvalue weighted by atomic mass is 16.2. The average Bonchev–Trinajstić information content (AvgIpc) is 3.40. The van der Waals surface area contributed by atoms with Crippen LogP contribution >= 0.6 is 0 Å². The Morgan fingerprint density at radius 1 is 1.14 bits per heavy atom. The van der Waals surface area contributed by atoms with Crippen molar-refractivity contribution in [1.82, 2.24) is 16.0 Å². The van der Waals surface area contributed by atoms with Crippen LogP contribution in [0.1, 0.15) is 24.4 Å². The van der Waals surface area contributed by atoms with Gasteiger partial charge in [0, 0.05) is 12.1 Å². The Morgan fingerprint density at radius 3 is 2.82 bits per heavy atom. The first-order valence-electron chi connectivity index (χ1n) is 7.77. The molecule has 0 spiro atoms. The lowest BCUT2D eigenvalue weighted by Crippen LogP contribution is -2.48. The van der Waals surface area contributed by atoms with Gasteiger partial charge in [0.25, 0.3) is 0 Å². The summed E-state index contributed by atoms with van der Waals surface area (Å²) < 4.78 is 0. The summed E-state index contributed by atoms with van der Waals surface area (Å²) in [6.07, 6.45) is 14.1. The summed E-state index contributed by atoms with van der Waals surface area (Å²) in [7, 11) is 0. The maximum Gasteiger partial charge on any atom is 0.224 e. The van der Waals surface area contributed by atoms with Gasteiger partial charge in [-0.25, -0.2) is 0 Å². The maximum atomic E-state index is 11.8. The Balaban J connectivity index is 1.56. The third-order valence-corrected chi connectivity index (χ3v) is 4.27. The molecule has 2 atom stereocenters. The molecule has 1 aromatic carbocycles. The highest BCUT2D eigenvalue weighted by molar-refractivity contribution is 5.82. The highest BCUT2D eigenvalue weighted by Gasteiger charge is 2.30. The molecule has 1 fully saturated rings. The number of hydrogen-bond acceptors (Lipinski definition) is 3. The van der Waals surface area contributed by atoms with E-state index in [4.69, 9.17) is 0 Å². The number of carbonyl (C=O) groups is 1. The molecule has 1 aliphatic carbocycles. The van der Waals surface area contributed by atoms with Crippen molar-refractivity contribution in [3.8, 4) is 0 Å². The Labute approximate surface area is 129 Å². The van der Waals surface area contributed by atoms with E-state index in [1.165, 1.54) is 5.56 Å². The van der Waals surface area contributed by atoms with Crippen LogP contribution < -0.4 is 26.4 Å². The Morgan fingerprint density at radius 2 is 2.05 bits per heavy atom. The van der Waals surface area contributed by atoms with Gasteiger partial charge in [-0.15, -0.1) is 0 Å². The third kappa shape index (κ3) is 2.64. The summed E-state index contributed by atoms with van der Waals surface area (Å²) in [5.74, 6) is 0.391. The van der Waals surface area contributed by atoms with Crippen molar-refractivity contribution in [2.45, 2.75) is 25.0 Å². The van der Waals surface area contributed by atoms with Gasteiger partial charge in [-0.1, -0.05) is 24.3 Å². The fourth-order valence-electron chi connectivity index (χ4n) is 2.82.